The lowest BCUT2D eigenvalue weighted by molar-refractivity contribution is -0.152. The van der Waals surface area contributed by atoms with Crippen LogP contribution in [0.3, 0.4) is 0 Å². The van der Waals surface area contributed by atoms with Crippen LogP contribution in [0.2, 0.25) is 0 Å². The summed E-state index contributed by atoms with van der Waals surface area (Å²) in [6.07, 6.45) is 0.328. The van der Waals surface area contributed by atoms with Crippen LogP contribution in [0.15, 0.2) is 46.2 Å². The van der Waals surface area contributed by atoms with Crippen LogP contribution >= 0.6 is 0 Å². The molecule has 2 aromatic heterocycles. The van der Waals surface area contributed by atoms with E-state index in [4.69, 9.17) is 4.74 Å². The van der Waals surface area contributed by atoms with Gasteiger partial charge in [-0.2, -0.15) is 5.10 Å². The highest BCUT2D eigenvalue weighted by Crippen LogP contribution is 2.19. The predicted octanol–water partition coefficient (Wildman–Crippen LogP) is -0.784. The quantitative estimate of drug-likeness (QED) is 0.390. The highest BCUT2D eigenvalue weighted by molar-refractivity contribution is 5.93. The molecule has 3 aromatic rings. The number of rotatable bonds is 6. The molecule has 11 heteroatoms. The molecule has 11 nitrogen and oxygen atoms in total. The average molecular weight is 443 g/mol. The lowest BCUT2D eigenvalue weighted by atomic mass is 9.97. The third-order valence-electron chi connectivity index (χ3n) is 5.57. The Morgan fingerprint density at radius 3 is 2.84 bits per heavy atom. The number of para-hydroxylation sites is 1. The molecule has 0 bridgehead atoms. The van der Waals surface area contributed by atoms with E-state index < -0.39 is 41.5 Å². The zero-order valence-electron chi connectivity index (χ0n) is 17.5. The summed E-state index contributed by atoms with van der Waals surface area (Å²) in [6, 6.07) is 5.75. The summed E-state index contributed by atoms with van der Waals surface area (Å²) in [5.74, 6) is -0.437. The number of nitrogens with one attached hydrogen (secondary N) is 2. The molecule has 3 heterocycles. The van der Waals surface area contributed by atoms with Crippen LogP contribution in [0, 0.1) is 0 Å². The maximum absolute atomic E-state index is 12.5. The lowest BCUT2D eigenvalue weighted by Gasteiger charge is -2.38. The first-order valence-corrected chi connectivity index (χ1v) is 10.4. The minimum absolute atomic E-state index is 0.0617. The van der Waals surface area contributed by atoms with Crippen molar-refractivity contribution in [2.24, 2.45) is 0 Å². The van der Waals surface area contributed by atoms with E-state index in [1.807, 2.05) is 6.92 Å². The number of hydrogen-bond acceptors (Lipinski definition) is 7. The van der Waals surface area contributed by atoms with Gasteiger partial charge in [-0.15, -0.1) is 0 Å². The molecule has 1 aliphatic rings. The topological polar surface area (TPSA) is 151 Å². The molecule has 0 unspecified atom stereocenters. The molecule has 0 radical (unpaired) electrons. The van der Waals surface area contributed by atoms with E-state index >= 15 is 0 Å². The van der Waals surface area contributed by atoms with Crippen molar-refractivity contribution in [1.82, 2.24) is 24.6 Å². The third-order valence-corrected chi connectivity index (χ3v) is 5.57. The highest BCUT2D eigenvalue weighted by Gasteiger charge is 2.39. The largest absolute Gasteiger partial charge is 0.388 e. The van der Waals surface area contributed by atoms with E-state index in [1.54, 1.807) is 35.1 Å². The average Bonchev–Trinajstić information content (AvgIpc) is 3.25. The van der Waals surface area contributed by atoms with E-state index in [2.05, 4.69) is 15.4 Å². The molecule has 170 valence electrons. The Hall–Kier alpha value is -3.28. The van der Waals surface area contributed by atoms with Gasteiger partial charge < -0.3 is 20.3 Å². The number of aliphatic hydroxyl groups excluding tert-OH is 2. The molecule has 1 fully saturated rings. The summed E-state index contributed by atoms with van der Waals surface area (Å²) in [6.45, 7) is 2.53. The van der Waals surface area contributed by atoms with Crippen LogP contribution in [0.5, 0.6) is 0 Å². The second-order valence-electron chi connectivity index (χ2n) is 7.81. The minimum atomic E-state index is -1.37. The number of H-pyrrole nitrogens is 1. The van der Waals surface area contributed by atoms with Gasteiger partial charge in [0, 0.05) is 12.7 Å². The van der Waals surface area contributed by atoms with Gasteiger partial charge in [0.1, 0.15) is 18.3 Å². The number of amides is 1. The predicted molar refractivity (Wildman–Crippen MR) is 114 cm³/mol. The maximum Gasteiger partial charge on any atom is 0.328 e. The second kappa shape index (κ2) is 9.07. The lowest BCUT2D eigenvalue weighted by Crippen LogP contribution is -2.60. The Kier molecular flexibility index (Phi) is 6.21. The van der Waals surface area contributed by atoms with Crippen molar-refractivity contribution >= 4 is 16.8 Å². The number of nitrogens with zero attached hydrogens (tertiary/aromatic N) is 3. The van der Waals surface area contributed by atoms with Crippen molar-refractivity contribution in [3.05, 3.63) is 63.1 Å². The molecule has 0 saturated carbocycles. The number of aromatic amines is 1. The molecule has 4 N–H and O–H groups in total. The third kappa shape index (κ3) is 4.22. The van der Waals surface area contributed by atoms with Gasteiger partial charge >= 0.3 is 5.69 Å². The smallest absolute Gasteiger partial charge is 0.328 e. The number of benzene rings is 1. The summed E-state index contributed by atoms with van der Waals surface area (Å²) in [5, 5.41) is 28.3. The number of hydrogen-bond donors (Lipinski definition) is 4. The number of aromatic nitrogens is 4. The fraction of sp³-hybridized carbons (Fsp3) is 0.429. The molecule has 4 rings (SSSR count). The fourth-order valence-electron chi connectivity index (χ4n) is 3.86. The maximum atomic E-state index is 12.5. The Bertz CT molecular complexity index is 1230. The zero-order chi connectivity index (χ0) is 22.8. The van der Waals surface area contributed by atoms with Crippen molar-refractivity contribution in [1.29, 1.82) is 0 Å². The molecule has 0 spiro atoms. The molecule has 4 atom stereocenters. The van der Waals surface area contributed by atoms with Crippen molar-refractivity contribution in [3.63, 3.8) is 0 Å². The van der Waals surface area contributed by atoms with E-state index in [9.17, 15) is 24.6 Å². The van der Waals surface area contributed by atoms with Gasteiger partial charge in [0.05, 0.1) is 41.9 Å². The summed E-state index contributed by atoms with van der Waals surface area (Å²) >= 11 is 0. The first kappa shape index (κ1) is 21.9. The number of carbonyl (C=O) groups is 1. The van der Waals surface area contributed by atoms with E-state index in [0.29, 0.717) is 23.0 Å². The van der Waals surface area contributed by atoms with Gasteiger partial charge in [0.25, 0.3) is 11.5 Å². The first-order valence-electron chi connectivity index (χ1n) is 10.4. The molecule has 1 saturated heterocycles. The SMILES string of the molecule is CCCn1cc(C(=O)N[C@@H]2CO[C@H](Cn3c(=O)[nH]c(=O)c4ccccc43)[C@@H](O)[C@H]2O)cn1. The Balaban J connectivity index is 1.47. The van der Waals surface area contributed by atoms with E-state index in [-0.39, 0.29) is 13.2 Å². The number of aliphatic hydroxyl groups is 2. The molecule has 0 aliphatic carbocycles. The van der Waals surface area contributed by atoms with Crippen LogP contribution in [-0.2, 0) is 17.8 Å². The number of ether oxygens (including phenoxy) is 1. The number of carbonyl (C=O) groups excluding carboxylic acids is 1. The van der Waals surface area contributed by atoms with E-state index in [1.165, 1.54) is 10.8 Å². The van der Waals surface area contributed by atoms with Crippen LogP contribution < -0.4 is 16.6 Å². The highest BCUT2D eigenvalue weighted by atomic mass is 16.5. The summed E-state index contributed by atoms with van der Waals surface area (Å²) in [7, 11) is 0. The van der Waals surface area contributed by atoms with Gasteiger partial charge in [-0.3, -0.25) is 23.8 Å². The Labute approximate surface area is 182 Å². The minimum Gasteiger partial charge on any atom is -0.388 e. The van der Waals surface area contributed by atoms with Crippen molar-refractivity contribution in [2.75, 3.05) is 6.61 Å². The van der Waals surface area contributed by atoms with Crippen LogP contribution in [-0.4, -0.2) is 66.4 Å². The van der Waals surface area contributed by atoms with Crippen LogP contribution in [0.4, 0.5) is 0 Å². The van der Waals surface area contributed by atoms with Crippen LogP contribution in [0.25, 0.3) is 10.9 Å². The standard InChI is InChI=1S/C21H25N5O6/c1-2-7-25-9-12(8-22-25)19(29)23-14-11-32-16(18(28)17(14)27)10-26-15-6-4-3-5-13(15)20(30)24-21(26)31/h3-6,8-9,14,16-18,27-28H,2,7,10-11H2,1H3,(H,23,29)(H,24,30,31)/t14-,16-,17+,18-/m1/s1. The Morgan fingerprint density at radius 2 is 2.06 bits per heavy atom. The summed E-state index contributed by atoms with van der Waals surface area (Å²) in [5.41, 5.74) is -0.407. The summed E-state index contributed by atoms with van der Waals surface area (Å²) < 4.78 is 8.64. The van der Waals surface area contributed by atoms with E-state index in [0.717, 1.165) is 6.42 Å². The monoisotopic (exact) mass is 443 g/mol. The molecule has 1 aliphatic heterocycles. The zero-order valence-corrected chi connectivity index (χ0v) is 17.5. The number of fused-ring (bicyclic) bond motifs is 1. The molecular formula is C21H25N5O6. The Morgan fingerprint density at radius 1 is 1.28 bits per heavy atom. The van der Waals surface area contributed by atoms with Gasteiger partial charge in [0.15, 0.2) is 0 Å². The van der Waals surface area contributed by atoms with Crippen molar-refractivity contribution in [3.8, 4) is 0 Å². The molecule has 1 amide bonds. The second-order valence-corrected chi connectivity index (χ2v) is 7.81. The molecule has 32 heavy (non-hydrogen) atoms. The number of aryl methyl sites for hydroxylation is 1. The molecule has 1 aromatic carbocycles. The normalized spacial score (nSPS) is 23.3. The van der Waals surface area contributed by atoms with Crippen molar-refractivity contribution in [2.45, 2.75) is 50.8 Å². The van der Waals surface area contributed by atoms with Gasteiger partial charge in [0.2, 0.25) is 0 Å². The van der Waals surface area contributed by atoms with Crippen LogP contribution in [0.1, 0.15) is 23.7 Å². The molecular weight excluding hydrogens is 418 g/mol. The first-order chi connectivity index (χ1) is 15.4. The van der Waals surface area contributed by atoms with Gasteiger partial charge in [-0.1, -0.05) is 19.1 Å². The fourth-order valence-corrected chi connectivity index (χ4v) is 3.86. The van der Waals surface area contributed by atoms with Gasteiger partial charge in [-0.25, -0.2) is 4.79 Å². The summed E-state index contributed by atoms with van der Waals surface area (Å²) in [4.78, 5) is 39.1. The van der Waals surface area contributed by atoms with Gasteiger partial charge in [-0.05, 0) is 18.6 Å². The van der Waals surface area contributed by atoms with Crippen molar-refractivity contribution < 1.29 is 19.7 Å².